The van der Waals surface area contributed by atoms with Gasteiger partial charge in [0.25, 0.3) is 0 Å². The van der Waals surface area contributed by atoms with Crippen molar-refractivity contribution in [1.29, 1.82) is 0 Å². The van der Waals surface area contributed by atoms with Crippen LogP contribution in [0.1, 0.15) is 46.5 Å². The minimum absolute atomic E-state index is 0.0169. The molecule has 0 spiro atoms. The lowest BCUT2D eigenvalue weighted by Crippen LogP contribution is -2.52. The maximum absolute atomic E-state index is 12.2. The first-order valence-electron chi connectivity index (χ1n) is 7.08. The highest BCUT2D eigenvalue weighted by Crippen LogP contribution is 2.38. The van der Waals surface area contributed by atoms with Gasteiger partial charge in [0.05, 0.1) is 5.25 Å². The first kappa shape index (κ1) is 15.6. The van der Waals surface area contributed by atoms with Crippen LogP contribution in [0.4, 0.5) is 4.79 Å². The Hall–Kier alpha value is -0.820. The number of sulfonamides is 1. The zero-order chi connectivity index (χ0) is 15.1. The average molecular weight is 304 g/mol. The number of fused-ring (bicyclic) bond motifs is 2. The van der Waals surface area contributed by atoms with E-state index in [1.165, 1.54) is 7.05 Å². The SMILES string of the molecule is CNS(=O)(=O)C1C[C@H]2CC[C@@H](C1)N2C(=O)OC(C)(C)C. The second-order valence-corrected chi connectivity index (χ2v) is 8.78. The van der Waals surface area contributed by atoms with E-state index in [4.69, 9.17) is 4.74 Å². The normalized spacial score (nSPS) is 30.4. The lowest BCUT2D eigenvalue weighted by atomic mass is 10.0. The Balaban J connectivity index is 2.10. The lowest BCUT2D eigenvalue weighted by Gasteiger charge is -2.39. The number of rotatable bonds is 2. The molecule has 0 aromatic carbocycles. The number of carbonyl (C=O) groups excluding carboxylic acids is 1. The van der Waals surface area contributed by atoms with Crippen molar-refractivity contribution in [1.82, 2.24) is 9.62 Å². The third kappa shape index (κ3) is 3.09. The van der Waals surface area contributed by atoms with Gasteiger partial charge in [-0.3, -0.25) is 0 Å². The molecule has 2 saturated heterocycles. The average Bonchev–Trinajstić information content (AvgIpc) is 2.58. The van der Waals surface area contributed by atoms with E-state index >= 15 is 0 Å². The molecule has 2 bridgehead atoms. The minimum Gasteiger partial charge on any atom is -0.444 e. The summed E-state index contributed by atoms with van der Waals surface area (Å²) in [7, 11) is -1.82. The van der Waals surface area contributed by atoms with E-state index in [0.29, 0.717) is 12.8 Å². The van der Waals surface area contributed by atoms with Crippen molar-refractivity contribution in [2.24, 2.45) is 0 Å². The molecule has 2 aliphatic heterocycles. The van der Waals surface area contributed by atoms with Crippen molar-refractivity contribution in [2.45, 2.75) is 69.4 Å². The van der Waals surface area contributed by atoms with Crippen LogP contribution in [-0.2, 0) is 14.8 Å². The number of hydrogen-bond donors (Lipinski definition) is 1. The highest BCUT2D eigenvalue weighted by atomic mass is 32.2. The molecular formula is C13H24N2O4S. The predicted octanol–water partition coefficient (Wildman–Crippen LogP) is 1.47. The Morgan fingerprint density at radius 3 is 2.10 bits per heavy atom. The fourth-order valence-corrected chi connectivity index (χ4v) is 4.44. The molecule has 6 nitrogen and oxygen atoms in total. The second kappa shape index (κ2) is 5.18. The van der Waals surface area contributed by atoms with Gasteiger partial charge in [0.2, 0.25) is 10.0 Å². The lowest BCUT2D eigenvalue weighted by molar-refractivity contribution is 0.00811. The fourth-order valence-electron chi connectivity index (χ4n) is 3.16. The second-order valence-electron chi connectivity index (χ2n) is 6.62. The molecule has 7 heteroatoms. The largest absolute Gasteiger partial charge is 0.444 e. The van der Waals surface area contributed by atoms with Crippen molar-refractivity contribution in [3.63, 3.8) is 0 Å². The van der Waals surface area contributed by atoms with Crippen molar-refractivity contribution in [2.75, 3.05) is 7.05 Å². The van der Waals surface area contributed by atoms with Crippen LogP contribution in [0.5, 0.6) is 0 Å². The van der Waals surface area contributed by atoms with Crippen molar-refractivity contribution in [3.05, 3.63) is 0 Å². The monoisotopic (exact) mass is 304 g/mol. The quantitative estimate of drug-likeness (QED) is 0.838. The van der Waals surface area contributed by atoms with Crippen LogP contribution in [0.25, 0.3) is 0 Å². The minimum atomic E-state index is -3.26. The smallest absolute Gasteiger partial charge is 0.410 e. The van der Waals surface area contributed by atoms with Gasteiger partial charge in [0.1, 0.15) is 5.60 Å². The molecule has 2 rings (SSSR count). The number of hydrogen-bond acceptors (Lipinski definition) is 4. The molecule has 1 unspecified atom stereocenters. The van der Waals surface area contributed by atoms with Gasteiger partial charge in [-0.05, 0) is 53.5 Å². The number of nitrogens with zero attached hydrogens (tertiary/aromatic N) is 1. The molecule has 2 fully saturated rings. The molecular weight excluding hydrogens is 280 g/mol. The molecule has 1 amide bonds. The van der Waals surface area contributed by atoms with Gasteiger partial charge in [0, 0.05) is 12.1 Å². The Kier molecular flexibility index (Phi) is 4.03. The molecule has 3 atom stereocenters. The summed E-state index contributed by atoms with van der Waals surface area (Å²) in [6, 6.07) is -0.0338. The Morgan fingerprint density at radius 2 is 1.70 bits per heavy atom. The van der Waals surface area contributed by atoms with Crippen LogP contribution in [0, 0.1) is 0 Å². The van der Waals surface area contributed by atoms with E-state index in [1.54, 1.807) is 4.90 Å². The number of piperidine rings is 1. The van der Waals surface area contributed by atoms with E-state index in [1.807, 2.05) is 20.8 Å². The molecule has 20 heavy (non-hydrogen) atoms. The van der Waals surface area contributed by atoms with Crippen molar-refractivity contribution >= 4 is 16.1 Å². The topological polar surface area (TPSA) is 75.7 Å². The highest BCUT2D eigenvalue weighted by molar-refractivity contribution is 7.90. The molecule has 116 valence electrons. The Labute approximate surface area is 120 Å². The maximum atomic E-state index is 12.2. The summed E-state index contributed by atoms with van der Waals surface area (Å²) in [5, 5.41) is -0.399. The summed E-state index contributed by atoms with van der Waals surface area (Å²) in [4.78, 5) is 14.0. The van der Waals surface area contributed by atoms with Crippen LogP contribution >= 0.6 is 0 Å². The zero-order valence-corrected chi connectivity index (χ0v) is 13.4. The van der Waals surface area contributed by atoms with E-state index < -0.39 is 20.9 Å². The van der Waals surface area contributed by atoms with Gasteiger partial charge < -0.3 is 9.64 Å². The van der Waals surface area contributed by atoms with Crippen LogP contribution in [0.15, 0.2) is 0 Å². The number of carbonyl (C=O) groups is 1. The summed E-state index contributed by atoms with van der Waals surface area (Å²) < 4.78 is 31.7. The van der Waals surface area contributed by atoms with Gasteiger partial charge in [0.15, 0.2) is 0 Å². The van der Waals surface area contributed by atoms with Gasteiger partial charge in [-0.2, -0.15) is 0 Å². The maximum Gasteiger partial charge on any atom is 0.410 e. The standard InChI is InChI=1S/C13H24N2O4S/c1-13(2,3)19-12(16)15-9-5-6-10(15)8-11(7-9)20(17,18)14-4/h9-11,14H,5-8H2,1-4H3/t9-,10+,11?. The van der Waals surface area contributed by atoms with E-state index in [-0.39, 0.29) is 18.2 Å². The molecule has 2 heterocycles. The first-order chi connectivity index (χ1) is 9.14. The van der Waals surface area contributed by atoms with Crippen molar-refractivity contribution in [3.8, 4) is 0 Å². The summed E-state index contributed by atoms with van der Waals surface area (Å²) in [5.74, 6) is 0. The summed E-state index contributed by atoms with van der Waals surface area (Å²) in [6.07, 6.45) is 2.40. The first-order valence-corrected chi connectivity index (χ1v) is 8.62. The fraction of sp³-hybridized carbons (Fsp3) is 0.923. The number of amides is 1. The van der Waals surface area contributed by atoms with Crippen molar-refractivity contribution < 1.29 is 17.9 Å². The van der Waals surface area contributed by atoms with E-state index in [2.05, 4.69) is 4.72 Å². The summed E-state index contributed by atoms with van der Waals surface area (Å²) >= 11 is 0. The highest BCUT2D eigenvalue weighted by Gasteiger charge is 2.47. The molecule has 0 radical (unpaired) electrons. The van der Waals surface area contributed by atoms with Crippen LogP contribution in [0.2, 0.25) is 0 Å². The number of ether oxygens (including phenoxy) is 1. The zero-order valence-electron chi connectivity index (χ0n) is 12.5. The predicted molar refractivity (Wildman–Crippen MR) is 75.9 cm³/mol. The molecule has 0 aromatic rings. The van der Waals surface area contributed by atoms with Gasteiger partial charge in [-0.25, -0.2) is 17.9 Å². The van der Waals surface area contributed by atoms with Crippen LogP contribution < -0.4 is 4.72 Å². The molecule has 2 aliphatic rings. The van der Waals surface area contributed by atoms with Gasteiger partial charge >= 0.3 is 6.09 Å². The van der Waals surface area contributed by atoms with Crippen LogP contribution in [-0.4, -0.2) is 49.4 Å². The molecule has 0 aromatic heterocycles. The van der Waals surface area contributed by atoms with Crippen LogP contribution in [0.3, 0.4) is 0 Å². The third-order valence-corrected chi connectivity index (χ3v) is 5.85. The molecule has 1 N–H and O–H groups in total. The molecule has 0 aliphatic carbocycles. The third-order valence-electron chi connectivity index (χ3n) is 4.02. The number of nitrogens with one attached hydrogen (secondary N) is 1. The summed E-state index contributed by atoms with van der Waals surface area (Å²) in [6.45, 7) is 5.51. The van der Waals surface area contributed by atoms with E-state index in [0.717, 1.165) is 12.8 Å². The van der Waals surface area contributed by atoms with Gasteiger partial charge in [-0.1, -0.05) is 0 Å². The van der Waals surface area contributed by atoms with E-state index in [9.17, 15) is 13.2 Å². The Bertz CT molecular complexity index is 469. The molecule has 0 saturated carbocycles. The summed E-state index contributed by atoms with van der Waals surface area (Å²) in [5.41, 5.74) is -0.523. The Morgan fingerprint density at radius 1 is 1.20 bits per heavy atom. The van der Waals surface area contributed by atoms with Gasteiger partial charge in [-0.15, -0.1) is 0 Å².